The number of aryl methyl sites for hydroxylation is 3. The van der Waals surface area contributed by atoms with Crippen molar-refractivity contribution in [2.75, 3.05) is 13.6 Å². The van der Waals surface area contributed by atoms with Crippen LogP contribution in [0.3, 0.4) is 0 Å². The van der Waals surface area contributed by atoms with Gasteiger partial charge in [0, 0.05) is 19.3 Å². The summed E-state index contributed by atoms with van der Waals surface area (Å²) in [5.74, 6) is -1.02. The Morgan fingerprint density at radius 2 is 2.10 bits per heavy atom. The highest BCUT2D eigenvalue weighted by Crippen LogP contribution is 2.52. The van der Waals surface area contributed by atoms with E-state index >= 15 is 0 Å². The molecule has 1 aromatic carbocycles. The maximum Gasteiger partial charge on any atom is 0.230 e. The largest absolute Gasteiger partial charge is 0.360 e. The normalized spacial score (nSPS) is 28.5. The molecule has 3 aliphatic rings. The van der Waals surface area contributed by atoms with E-state index in [1.54, 1.807) is 11.9 Å². The molecular formula is C24H28N4O3. The fourth-order valence-electron chi connectivity index (χ4n) is 5.25. The third-order valence-electron chi connectivity index (χ3n) is 6.94. The average Bonchev–Trinajstić information content (AvgIpc) is 3.46. The number of likely N-dealkylation sites (tertiary alicyclic amines) is 1. The Kier molecular flexibility index (Phi) is 4.55. The number of ether oxygens (including phenoxy) is 1. The molecule has 2 fully saturated rings. The third-order valence-corrected chi connectivity index (χ3v) is 6.94. The molecule has 7 nitrogen and oxygen atoms in total. The molecule has 2 unspecified atom stereocenters. The van der Waals surface area contributed by atoms with Gasteiger partial charge in [0.2, 0.25) is 11.8 Å². The van der Waals surface area contributed by atoms with E-state index in [1.807, 2.05) is 30.0 Å². The van der Waals surface area contributed by atoms with E-state index in [0.29, 0.717) is 19.6 Å². The minimum atomic E-state index is -0.689. The van der Waals surface area contributed by atoms with Crippen LogP contribution < -0.4 is 0 Å². The van der Waals surface area contributed by atoms with Crippen LogP contribution in [-0.2, 0) is 27.4 Å². The van der Waals surface area contributed by atoms with E-state index in [2.05, 4.69) is 42.2 Å². The molecule has 5 rings (SSSR count). The maximum absolute atomic E-state index is 13.5. The lowest BCUT2D eigenvalue weighted by Crippen LogP contribution is -2.44. The number of aromatic amines is 1. The fourth-order valence-corrected chi connectivity index (χ4v) is 5.25. The van der Waals surface area contributed by atoms with Crippen molar-refractivity contribution in [3.8, 4) is 0 Å². The second-order valence-electron chi connectivity index (χ2n) is 9.25. The molecule has 7 heteroatoms. The lowest BCUT2D eigenvalue weighted by molar-refractivity contribution is -0.142. The molecule has 0 radical (unpaired) electrons. The molecule has 31 heavy (non-hydrogen) atoms. The van der Waals surface area contributed by atoms with E-state index in [0.717, 1.165) is 17.0 Å². The molecule has 2 aromatic rings. The van der Waals surface area contributed by atoms with Gasteiger partial charge >= 0.3 is 0 Å². The van der Waals surface area contributed by atoms with E-state index in [1.165, 1.54) is 11.1 Å². The van der Waals surface area contributed by atoms with Gasteiger partial charge in [0.25, 0.3) is 0 Å². The van der Waals surface area contributed by atoms with Crippen LogP contribution >= 0.6 is 0 Å². The smallest absolute Gasteiger partial charge is 0.230 e. The lowest BCUT2D eigenvalue weighted by Gasteiger charge is -2.27. The van der Waals surface area contributed by atoms with E-state index in [-0.39, 0.29) is 17.9 Å². The second kappa shape index (κ2) is 7.05. The van der Waals surface area contributed by atoms with Gasteiger partial charge in [-0.05, 0) is 43.5 Å². The van der Waals surface area contributed by atoms with Crippen molar-refractivity contribution >= 4 is 11.8 Å². The molecule has 0 saturated carbocycles. The van der Waals surface area contributed by atoms with Gasteiger partial charge in [0.05, 0.1) is 36.7 Å². The molecule has 162 valence electrons. The van der Waals surface area contributed by atoms with Crippen LogP contribution in [0.25, 0.3) is 0 Å². The first-order valence-electron chi connectivity index (χ1n) is 10.8. The van der Waals surface area contributed by atoms with Crippen molar-refractivity contribution in [2.45, 2.75) is 45.6 Å². The Hall–Kier alpha value is -2.93. The molecule has 2 saturated heterocycles. The number of H-pyrrole nitrogens is 1. The number of carbonyl (C=O) groups excluding carboxylic acids is 2. The molecule has 1 spiro atoms. The van der Waals surface area contributed by atoms with Gasteiger partial charge in [-0.25, -0.2) is 0 Å². The molecule has 2 amide bonds. The van der Waals surface area contributed by atoms with Gasteiger partial charge in [-0.3, -0.25) is 14.7 Å². The van der Waals surface area contributed by atoms with Gasteiger partial charge in [-0.2, -0.15) is 5.10 Å². The second-order valence-corrected chi connectivity index (χ2v) is 9.25. The number of fused-ring (bicyclic) bond motifs is 1. The van der Waals surface area contributed by atoms with Crippen LogP contribution in [0.2, 0.25) is 0 Å². The summed E-state index contributed by atoms with van der Waals surface area (Å²) >= 11 is 0. The summed E-state index contributed by atoms with van der Waals surface area (Å²) in [6.07, 6.45) is 3.62. The zero-order chi connectivity index (χ0) is 21.9. The van der Waals surface area contributed by atoms with E-state index < -0.39 is 17.4 Å². The van der Waals surface area contributed by atoms with E-state index in [9.17, 15) is 9.59 Å². The number of nitrogens with zero attached hydrogens (tertiary/aromatic N) is 3. The average molecular weight is 421 g/mol. The Morgan fingerprint density at radius 3 is 2.81 bits per heavy atom. The van der Waals surface area contributed by atoms with Crippen LogP contribution in [0.15, 0.2) is 36.4 Å². The number of rotatable bonds is 5. The molecule has 3 aliphatic heterocycles. The third kappa shape index (κ3) is 3.19. The number of hydrogen-bond acceptors (Lipinski definition) is 4. The molecule has 1 aromatic heterocycles. The van der Waals surface area contributed by atoms with Crippen molar-refractivity contribution in [1.29, 1.82) is 0 Å². The predicted molar refractivity (Wildman–Crippen MR) is 115 cm³/mol. The first kappa shape index (κ1) is 20.0. The highest BCUT2D eigenvalue weighted by Gasteiger charge is 2.67. The Morgan fingerprint density at radius 1 is 1.29 bits per heavy atom. The predicted octanol–water partition coefficient (Wildman–Crippen LogP) is 2.28. The van der Waals surface area contributed by atoms with Gasteiger partial charge < -0.3 is 14.5 Å². The summed E-state index contributed by atoms with van der Waals surface area (Å²) in [6, 6.07) is 8.21. The van der Waals surface area contributed by atoms with Crippen LogP contribution in [-0.4, -0.2) is 57.1 Å². The van der Waals surface area contributed by atoms with Gasteiger partial charge in [0.15, 0.2) is 0 Å². The minimum Gasteiger partial charge on any atom is -0.360 e. The van der Waals surface area contributed by atoms with Crippen LogP contribution in [0.5, 0.6) is 0 Å². The van der Waals surface area contributed by atoms with Crippen molar-refractivity contribution in [2.24, 2.45) is 11.8 Å². The zero-order valence-corrected chi connectivity index (χ0v) is 18.4. The monoisotopic (exact) mass is 420 g/mol. The zero-order valence-electron chi connectivity index (χ0n) is 18.4. The van der Waals surface area contributed by atoms with Crippen molar-refractivity contribution in [3.05, 3.63) is 64.5 Å². The Bertz CT molecular complexity index is 1090. The molecular weight excluding hydrogens is 392 g/mol. The summed E-state index contributed by atoms with van der Waals surface area (Å²) in [5, 5.41) is 7.13. The van der Waals surface area contributed by atoms with E-state index in [4.69, 9.17) is 4.74 Å². The number of carbonyl (C=O) groups is 2. The first-order valence-corrected chi connectivity index (χ1v) is 10.8. The Labute approximate surface area is 182 Å². The van der Waals surface area contributed by atoms with Gasteiger partial charge in [-0.1, -0.05) is 30.4 Å². The van der Waals surface area contributed by atoms with Crippen molar-refractivity contribution < 1.29 is 14.3 Å². The van der Waals surface area contributed by atoms with Crippen LogP contribution in [0.1, 0.15) is 28.1 Å². The number of hydrogen-bond donors (Lipinski definition) is 1. The Balaban J connectivity index is 1.35. The summed E-state index contributed by atoms with van der Waals surface area (Å²) < 4.78 is 6.26. The quantitative estimate of drug-likeness (QED) is 0.753. The van der Waals surface area contributed by atoms with Gasteiger partial charge in [-0.15, -0.1) is 0 Å². The summed E-state index contributed by atoms with van der Waals surface area (Å²) in [7, 11) is 1.76. The minimum absolute atomic E-state index is 0.00689. The number of benzene rings is 1. The summed E-state index contributed by atoms with van der Waals surface area (Å²) in [6.45, 7) is 7.51. The number of amides is 2. The standard InChI is InChI=1S/C24H28N4O3/c1-14-5-6-17(9-15(14)2)11-28-13-24-8-7-19(31-24)20(21(24)23(28)30)22(29)27(4)12-18-10-16(3)25-26-18/h5-10,19-21H,11-13H2,1-4H3,(H,25,26)/t19-,20?,21?,24-/m0/s1. The molecule has 4 heterocycles. The van der Waals surface area contributed by atoms with Crippen LogP contribution in [0.4, 0.5) is 0 Å². The molecule has 1 N–H and O–H groups in total. The maximum atomic E-state index is 13.5. The fraction of sp³-hybridized carbons (Fsp3) is 0.458. The first-order chi connectivity index (χ1) is 14.8. The topological polar surface area (TPSA) is 78.5 Å². The highest BCUT2D eigenvalue weighted by molar-refractivity contribution is 5.93. The molecule has 0 aliphatic carbocycles. The molecule has 2 bridgehead atoms. The summed E-state index contributed by atoms with van der Waals surface area (Å²) in [4.78, 5) is 30.3. The number of nitrogens with one attached hydrogen (secondary N) is 1. The number of aromatic nitrogens is 2. The molecule has 4 atom stereocenters. The SMILES string of the molecule is Cc1cc(CN(C)C(=O)C2C3C(=O)N(Cc4ccc(C)c(C)c4)C[C@@]34C=C[C@@H]2O4)n[nH]1. The van der Waals surface area contributed by atoms with Crippen LogP contribution in [0, 0.1) is 32.6 Å². The van der Waals surface area contributed by atoms with Gasteiger partial charge in [0.1, 0.15) is 5.60 Å². The van der Waals surface area contributed by atoms with Crippen molar-refractivity contribution in [1.82, 2.24) is 20.0 Å². The van der Waals surface area contributed by atoms with Crippen molar-refractivity contribution in [3.63, 3.8) is 0 Å². The summed E-state index contributed by atoms with van der Waals surface area (Å²) in [5.41, 5.74) is 4.61. The lowest BCUT2D eigenvalue weighted by atomic mass is 9.76. The highest BCUT2D eigenvalue weighted by atomic mass is 16.5.